The van der Waals surface area contributed by atoms with Crippen molar-refractivity contribution in [2.45, 2.75) is 51.9 Å². The van der Waals surface area contributed by atoms with E-state index in [-0.39, 0.29) is 0 Å². The molecule has 0 N–H and O–H groups in total. The summed E-state index contributed by atoms with van der Waals surface area (Å²) in [6.07, 6.45) is 14.3. The summed E-state index contributed by atoms with van der Waals surface area (Å²) in [4.78, 5) is 0. The van der Waals surface area contributed by atoms with Crippen molar-refractivity contribution < 1.29 is 0 Å². The number of hydrogen-bond donors (Lipinski definition) is 0. The standard InChI is InChI=1S/C18H28Si/c1-13(2)15-11-17(14(3)4)18(12-15)19(5,6)16-9-7-8-10-16/h7-14,16,18H,1-6H3. The average molecular weight is 273 g/mol. The maximum absolute atomic E-state index is 2.59. The van der Waals surface area contributed by atoms with Gasteiger partial charge in [0.1, 0.15) is 0 Å². The van der Waals surface area contributed by atoms with E-state index in [9.17, 15) is 0 Å². The van der Waals surface area contributed by atoms with E-state index in [1.165, 1.54) is 0 Å². The highest BCUT2D eigenvalue weighted by Gasteiger charge is 2.41. The molecular weight excluding hydrogens is 244 g/mol. The van der Waals surface area contributed by atoms with E-state index < -0.39 is 8.07 Å². The van der Waals surface area contributed by atoms with Crippen LogP contribution in [-0.2, 0) is 0 Å². The smallest absolute Gasteiger partial charge is 0.0703 e. The number of hydrogen-bond acceptors (Lipinski definition) is 0. The summed E-state index contributed by atoms with van der Waals surface area (Å²) < 4.78 is 0. The molecule has 1 unspecified atom stereocenters. The molecule has 0 aliphatic heterocycles. The molecule has 1 atom stereocenters. The molecular formula is C18H28Si. The minimum Gasteiger partial charge on any atom is -0.0803 e. The molecule has 1 heteroatoms. The molecule has 0 spiro atoms. The van der Waals surface area contributed by atoms with Crippen LogP contribution in [0.5, 0.6) is 0 Å². The van der Waals surface area contributed by atoms with Gasteiger partial charge in [-0.3, -0.25) is 0 Å². The summed E-state index contributed by atoms with van der Waals surface area (Å²) in [7, 11) is -1.37. The van der Waals surface area contributed by atoms with Gasteiger partial charge >= 0.3 is 0 Å². The summed E-state index contributed by atoms with van der Waals surface area (Å²) in [5, 5.41) is 0. The molecule has 0 heterocycles. The highest BCUT2D eigenvalue weighted by molar-refractivity contribution is 6.82. The van der Waals surface area contributed by atoms with E-state index in [0.717, 1.165) is 0 Å². The fraction of sp³-hybridized carbons (Fsp3) is 0.556. The number of rotatable bonds is 4. The maximum atomic E-state index is 2.59. The maximum Gasteiger partial charge on any atom is 0.0703 e. The zero-order chi connectivity index (χ0) is 14.2. The van der Waals surface area contributed by atoms with Crippen molar-refractivity contribution in [1.29, 1.82) is 0 Å². The van der Waals surface area contributed by atoms with Gasteiger partial charge in [-0.2, -0.15) is 0 Å². The molecule has 2 rings (SSSR count). The Bertz CT molecular complexity index is 446. The lowest BCUT2D eigenvalue weighted by molar-refractivity contribution is 0.742. The van der Waals surface area contributed by atoms with Crippen LogP contribution < -0.4 is 0 Å². The Labute approximate surface area is 120 Å². The van der Waals surface area contributed by atoms with E-state index in [1.54, 1.807) is 11.1 Å². The lowest BCUT2D eigenvalue weighted by Gasteiger charge is -2.36. The van der Waals surface area contributed by atoms with Gasteiger partial charge in [-0.1, -0.05) is 82.8 Å². The minimum atomic E-state index is -1.37. The Kier molecular flexibility index (Phi) is 4.05. The zero-order valence-electron chi connectivity index (χ0n) is 13.3. The first-order chi connectivity index (χ1) is 8.84. The normalized spacial score (nSPS) is 23.7. The monoisotopic (exact) mass is 272 g/mol. The van der Waals surface area contributed by atoms with E-state index in [0.29, 0.717) is 22.9 Å². The van der Waals surface area contributed by atoms with Crippen molar-refractivity contribution in [1.82, 2.24) is 0 Å². The molecule has 2 aliphatic carbocycles. The molecule has 104 valence electrons. The molecule has 19 heavy (non-hydrogen) atoms. The first-order valence-corrected chi connectivity index (χ1v) is 10.8. The Hall–Kier alpha value is -0.823. The van der Waals surface area contributed by atoms with Crippen LogP contribution in [0.25, 0.3) is 0 Å². The third-order valence-electron chi connectivity index (χ3n) is 4.79. The van der Waals surface area contributed by atoms with Crippen molar-refractivity contribution in [2.75, 3.05) is 0 Å². The first kappa shape index (κ1) is 14.6. The number of allylic oxidation sites excluding steroid dienone is 8. The van der Waals surface area contributed by atoms with Crippen molar-refractivity contribution in [3.8, 4) is 0 Å². The Morgan fingerprint density at radius 3 is 2.00 bits per heavy atom. The third-order valence-corrected chi connectivity index (χ3v) is 9.00. The van der Waals surface area contributed by atoms with Gasteiger partial charge < -0.3 is 0 Å². The predicted octanol–water partition coefficient (Wildman–Crippen LogP) is 5.74. The fourth-order valence-corrected chi connectivity index (χ4v) is 6.81. The van der Waals surface area contributed by atoms with Gasteiger partial charge in [0, 0.05) is 0 Å². The summed E-state index contributed by atoms with van der Waals surface area (Å²) >= 11 is 0. The van der Waals surface area contributed by atoms with E-state index in [2.05, 4.69) is 77.2 Å². The second kappa shape index (κ2) is 5.28. The summed E-state index contributed by atoms with van der Waals surface area (Å²) in [6.45, 7) is 14.4. The van der Waals surface area contributed by atoms with Gasteiger partial charge in [-0.15, -0.1) is 0 Å². The van der Waals surface area contributed by atoms with Gasteiger partial charge in [0.05, 0.1) is 8.07 Å². The Morgan fingerprint density at radius 1 is 0.947 bits per heavy atom. The molecule has 0 amide bonds. The van der Waals surface area contributed by atoms with Crippen molar-refractivity contribution in [2.24, 2.45) is 11.8 Å². The quantitative estimate of drug-likeness (QED) is 0.572. The van der Waals surface area contributed by atoms with Crippen LogP contribution in [0.1, 0.15) is 27.7 Å². The molecule has 0 fully saturated rings. The minimum absolute atomic E-state index is 0.651. The third kappa shape index (κ3) is 2.71. The molecule has 0 saturated carbocycles. The summed E-state index contributed by atoms with van der Waals surface area (Å²) in [5.41, 5.74) is 4.64. The first-order valence-electron chi connectivity index (χ1n) is 7.62. The van der Waals surface area contributed by atoms with Crippen LogP contribution in [0.3, 0.4) is 0 Å². The van der Waals surface area contributed by atoms with Crippen LogP contribution in [0.15, 0.2) is 47.6 Å². The van der Waals surface area contributed by atoms with Crippen LogP contribution in [0.4, 0.5) is 0 Å². The molecule has 0 bridgehead atoms. The molecule has 0 nitrogen and oxygen atoms in total. The summed E-state index contributed by atoms with van der Waals surface area (Å²) in [5.74, 6) is 1.32. The van der Waals surface area contributed by atoms with Gasteiger partial charge in [-0.05, 0) is 28.5 Å². The lowest BCUT2D eigenvalue weighted by atomic mass is 10.0. The lowest BCUT2D eigenvalue weighted by Crippen LogP contribution is -2.36. The Balaban J connectivity index is 2.34. The van der Waals surface area contributed by atoms with Crippen LogP contribution in [-0.4, -0.2) is 8.07 Å². The van der Waals surface area contributed by atoms with Crippen molar-refractivity contribution in [3.05, 3.63) is 47.6 Å². The largest absolute Gasteiger partial charge is 0.0803 e. The molecule has 0 aromatic carbocycles. The Morgan fingerprint density at radius 2 is 1.53 bits per heavy atom. The highest BCUT2D eigenvalue weighted by Crippen LogP contribution is 2.48. The van der Waals surface area contributed by atoms with Gasteiger partial charge in [-0.25, -0.2) is 0 Å². The fourth-order valence-electron chi connectivity index (χ4n) is 3.28. The molecule has 0 aromatic heterocycles. The van der Waals surface area contributed by atoms with Gasteiger partial charge in [0.2, 0.25) is 0 Å². The average Bonchev–Trinajstić information content (AvgIpc) is 2.99. The molecule has 0 saturated heterocycles. The SMILES string of the molecule is CC(C)C1=CC([Si](C)(C)C2C=CC=C2)C(C(C)C)=C1. The van der Waals surface area contributed by atoms with E-state index in [1.807, 2.05) is 0 Å². The van der Waals surface area contributed by atoms with E-state index >= 15 is 0 Å². The highest BCUT2D eigenvalue weighted by atomic mass is 28.3. The van der Waals surface area contributed by atoms with E-state index in [4.69, 9.17) is 0 Å². The van der Waals surface area contributed by atoms with Crippen LogP contribution >= 0.6 is 0 Å². The van der Waals surface area contributed by atoms with Crippen LogP contribution in [0.2, 0.25) is 24.2 Å². The zero-order valence-corrected chi connectivity index (χ0v) is 14.3. The van der Waals surface area contributed by atoms with Gasteiger partial charge in [0.15, 0.2) is 0 Å². The summed E-state index contributed by atoms with van der Waals surface area (Å²) in [6, 6.07) is 0. The van der Waals surface area contributed by atoms with Gasteiger partial charge in [0.25, 0.3) is 0 Å². The predicted molar refractivity (Wildman–Crippen MR) is 89.1 cm³/mol. The molecule has 0 radical (unpaired) electrons. The van der Waals surface area contributed by atoms with Crippen molar-refractivity contribution >= 4 is 8.07 Å². The topological polar surface area (TPSA) is 0 Å². The second-order valence-corrected chi connectivity index (χ2v) is 12.1. The van der Waals surface area contributed by atoms with Crippen molar-refractivity contribution in [3.63, 3.8) is 0 Å². The molecule has 0 aromatic rings. The van der Waals surface area contributed by atoms with Crippen LogP contribution in [0, 0.1) is 11.8 Å². The molecule has 2 aliphatic rings. The second-order valence-electron chi connectivity index (χ2n) is 7.22.